The van der Waals surface area contributed by atoms with E-state index >= 15 is 0 Å². The van der Waals surface area contributed by atoms with Gasteiger partial charge in [-0.3, -0.25) is 0 Å². The first-order valence-corrected chi connectivity index (χ1v) is 9.29. The molecule has 3 nitrogen and oxygen atoms in total. The molecule has 1 unspecified atom stereocenters. The first-order chi connectivity index (χ1) is 12.9. The molecule has 26 heavy (non-hydrogen) atoms. The Hall–Kier alpha value is -2.62. The molecule has 1 aliphatic rings. The summed E-state index contributed by atoms with van der Waals surface area (Å²) >= 11 is 0. The van der Waals surface area contributed by atoms with Crippen molar-refractivity contribution in [3.05, 3.63) is 78.5 Å². The van der Waals surface area contributed by atoms with E-state index in [1.54, 1.807) is 0 Å². The van der Waals surface area contributed by atoms with Crippen molar-refractivity contribution < 1.29 is 4.74 Å². The van der Waals surface area contributed by atoms with Gasteiger partial charge in [-0.25, -0.2) is 0 Å². The zero-order chi connectivity index (χ0) is 17.3. The van der Waals surface area contributed by atoms with Crippen molar-refractivity contribution in [1.29, 1.82) is 0 Å². The third kappa shape index (κ3) is 2.79. The van der Waals surface area contributed by atoms with Crippen molar-refractivity contribution in [2.45, 2.75) is 12.5 Å². The summed E-state index contributed by atoms with van der Waals surface area (Å²) in [6, 6.07) is 24.0. The predicted molar refractivity (Wildman–Crippen MR) is 107 cm³/mol. The molecule has 1 aliphatic heterocycles. The Bertz CT molecular complexity index is 1060. The molecule has 0 aliphatic carbocycles. The fourth-order valence-corrected chi connectivity index (χ4v) is 3.96. The SMILES string of the molecule is c1ccc2cc(-n3ccc4c(CC5CNCCO5)cccc43)ccc2c1. The number of nitrogens with one attached hydrogen (secondary N) is 1. The Labute approximate surface area is 153 Å². The van der Waals surface area contributed by atoms with Gasteiger partial charge in [0.25, 0.3) is 0 Å². The molecule has 1 fully saturated rings. The van der Waals surface area contributed by atoms with Crippen LogP contribution < -0.4 is 5.32 Å². The predicted octanol–water partition coefficient (Wildman–Crippen LogP) is 4.31. The quantitative estimate of drug-likeness (QED) is 0.600. The summed E-state index contributed by atoms with van der Waals surface area (Å²) in [6.07, 6.45) is 3.39. The van der Waals surface area contributed by atoms with Gasteiger partial charge in [-0.05, 0) is 40.6 Å². The maximum absolute atomic E-state index is 5.90. The van der Waals surface area contributed by atoms with Gasteiger partial charge < -0.3 is 14.6 Å². The van der Waals surface area contributed by atoms with Gasteiger partial charge in [0.1, 0.15) is 0 Å². The van der Waals surface area contributed by atoms with E-state index in [1.807, 2.05) is 0 Å². The van der Waals surface area contributed by atoms with Crippen LogP contribution in [0.3, 0.4) is 0 Å². The minimum absolute atomic E-state index is 0.262. The number of hydrogen-bond donors (Lipinski definition) is 1. The van der Waals surface area contributed by atoms with Gasteiger partial charge in [0.15, 0.2) is 0 Å². The summed E-state index contributed by atoms with van der Waals surface area (Å²) in [5.41, 5.74) is 3.81. The lowest BCUT2D eigenvalue weighted by Crippen LogP contribution is -2.39. The lowest BCUT2D eigenvalue weighted by molar-refractivity contribution is 0.0294. The molecule has 0 amide bonds. The van der Waals surface area contributed by atoms with E-state index in [1.165, 1.54) is 32.9 Å². The van der Waals surface area contributed by atoms with Crippen molar-refractivity contribution in [1.82, 2.24) is 9.88 Å². The number of aromatic nitrogens is 1. The molecule has 1 saturated heterocycles. The maximum atomic E-state index is 5.90. The normalized spacial score (nSPS) is 17.8. The Morgan fingerprint density at radius 1 is 0.962 bits per heavy atom. The Morgan fingerprint density at radius 3 is 2.77 bits per heavy atom. The molecule has 5 rings (SSSR count). The van der Waals surface area contributed by atoms with Crippen molar-refractivity contribution in [2.24, 2.45) is 0 Å². The first-order valence-electron chi connectivity index (χ1n) is 9.29. The zero-order valence-corrected chi connectivity index (χ0v) is 14.7. The fourth-order valence-electron chi connectivity index (χ4n) is 3.96. The van der Waals surface area contributed by atoms with Crippen LogP contribution in [0.2, 0.25) is 0 Å². The lowest BCUT2D eigenvalue weighted by Gasteiger charge is -2.24. The number of hydrogen-bond acceptors (Lipinski definition) is 2. The molecule has 0 spiro atoms. The van der Waals surface area contributed by atoms with Gasteiger partial charge in [0.05, 0.1) is 18.2 Å². The van der Waals surface area contributed by atoms with Crippen molar-refractivity contribution in [3.63, 3.8) is 0 Å². The molecular formula is C23H22N2O. The second-order valence-corrected chi connectivity index (χ2v) is 6.97. The average molecular weight is 342 g/mol. The van der Waals surface area contributed by atoms with Crippen LogP contribution in [0.25, 0.3) is 27.4 Å². The molecule has 0 saturated carbocycles. The second-order valence-electron chi connectivity index (χ2n) is 6.97. The number of ether oxygens (including phenoxy) is 1. The van der Waals surface area contributed by atoms with E-state index in [2.05, 4.69) is 82.8 Å². The van der Waals surface area contributed by atoms with E-state index < -0.39 is 0 Å². The maximum Gasteiger partial charge on any atom is 0.0740 e. The number of rotatable bonds is 3. The summed E-state index contributed by atoms with van der Waals surface area (Å²) in [7, 11) is 0. The van der Waals surface area contributed by atoms with Gasteiger partial charge >= 0.3 is 0 Å². The fraction of sp³-hybridized carbons (Fsp3) is 0.217. The monoisotopic (exact) mass is 342 g/mol. The topological polar surface area (TPSA) is 26.2 Å². The summed E-state index contributed by atoms with van der Waals surface area (Å²) in [6.45, 7) is 2.69. The molecule has 1 aromatic heterocycles. The van der Waals surface area contributed by atoms with Crippen LogP contribution in [0.5, 0.6) is 0 Å². The molecule has 0 radical (unpaired) electrons. The lowest BCUT2D eigenvalue weighted by atomic mass is 10.0. The van der Waals surface area contributed by atoms with Crippen molar-refractivity contribution >= 4 is 21.7 Å². The molecule has 4 aromatic rings. The minimum atomic E-state index is 0.262. The summed E-state index contributed by atoms with van der Waals surface area (Å²) in [5.74, 6) is 0. The number of nitrogens with zero attached hydrogens (tertiary/aromatic N) is 1. The third-order valence-corrected chi connectivity index (χ3v) is 5.29. The Balaban J connectivity index is 1.55. The number of fused-ring (bicyclic) bond motifs is 2. The molecule has 3 heteroatoms. The highest BCUT2D eigenvalue weighted by atomic mass is 16.5. The van der Waals surface area contributed by atoms with Gasteiger partial charge in [-0.2, -0.15) is 0 Å². The molecule has 130 valence electrons. The van der Waals surface area contributed by atoms with E-state index in [4.69, 9.17) is 4.74 Å². The highest BCUT2D eigenvalue weighted by molar-refractivity contribution is 5.88. The van der Waals surface area contributed by atoms with E-state index in [9.17, 15) is 0 Å². The van der Waals surface area contributed by atoms with Crippen LogP contribution >= 0.6 is 0 Å². The average Bonchev–Trinajstić information content (AvgIpc) is 3.14. The van der Waals surface area contributed by atoms with Crippen molar-refractivity contribution in [3.8, 4) is 5.69 Å². The van der Waals surface area contributed by atoms with Crippen LogP contribution in [0.1, 0.15) is 5.56 Å². The van der Waals surface area contributed by atoms with Crippen LogP contribution in [-0.4, -0.2) is 30.4 Å². The zero-order valence-electron chi connectivity index (χ0n) is 14.7. The third-order valence-electron chi connectivity index (χ3n) is 5.29. The summed E-state index contributed by atoms with van der Waals surface area (Å²) in [5, 5.41) is 7.28. The molecule has 3 aromatic carbocycles. The van der Waals surface area contributed by atoms with Gasteiger partial charge in [0, 0.05) is 36.8 Å². The molecule has 1 atom stereocenters. The van der Waals surface area contributed by atoms with Gasteiger partial charge in [-0.1, -0.05) is 42.5 Å². The van der Waals surface area contributed by atoms with Crippen LogP contribution in [0.15, 0.2) is 72.9 Å². The number of benzene rings is 3. The smallest absolute Gasteiger partial charge is 0.0740 e. The Morgan fingerprint density at radius 2 is 1.88 bits per heavy atom. The van der Waals surface area contributed by atoms with Gasteiger partial charge in [0.2, 0.25) is 0 Å². The molecule has 1 N–H and O–H groups in total. The van der Waals surface area contributed by atoms with Crippen molar-refractivity contribution in [2.75, 3.05) is 19.7 Å². The highest BCUT2D eigenvalue weighted by Gasteiger charge is 2.16. The van der Waals surface area contributed by atoms with Crippen LogP contribution in [-0.2, 0) is 11.2 Å². The van der Waals surface area contributed by atoms with E-state index in [0.29, 0.717) is 0 Å². The second kappa shape index (κ2) is 6.60. The van der Waals surface area contributed by atoms with Crippen LogP contribution in [0.4, 0.5) is 0 Å². The molecule has 2 heterocycles. The summed E-state index contributed by atoms with van der Waals surface area (Å²) < 4.78 is 8.18. The largest absolute Gasteiger partial charge is 0.375 e. The summed E-state index contributed by atoms with van der Waals surface area (Å²) in [4.78, 5) is 0. The number of morpholine rings is 1. The minimum Gasteiger partial charge on any atom is -0.375 e. The standard InChI is InChI=1S/C23H22N2O/c1-2-5-18-14-20(9-8-17(18)4-1)25-12-10-22-19(6-3-7-23(22)25)15-21-16-24-11-13-26-21/h1-10,12,14,21,24H,11,13,15-16H2. The Kier molecular flexibility index (Phi) is 3.96. The van der Waals surface area contributed by atoms with Gasteiger partial charge in [-0.15, -0.1) is 0 Å². The van der Waals surface area contributed by atoms with E-state index in [-0.39, 0.29) is 6.10 Å². The van der Waals surface area contributed by atoms with E-state index in [0.717, 1.165) is 26.1 Å². The molecule has 0 bridgehead atoms. The highest BCUT2D eigenvalue weighted by Crippen LogP contribution is 2.27. The first kappa shape index (κ1) is 15.6. The van der Waals surface area contributed by atoms with Crippen LogP contribution in [0, 0.1) is 0 Å². The molecular weight excluding hydrogens is 320 g/mol.